The maximum atomic E-state index is 14.8. The van der Waals surface area contributed by atoms with Crippen LogP contribution in [0.25, 0.3) is 0 Å². The average molecular weight is 514 g/mol. The normalized spacial score (nSPS) is 19.3. The molecule has 0 spiro atoms. The van der Waals surface area contributed by atoms with E-state index in [-0.39, 0.29) is 28.5 Å². The number of nitrogens with zero attached hydrogens (tertiary/aromatic N) is 1. The number of carbonyl (C=O) groups is 2. The Morgan fingerprint density at radius 2 is 1.77 bits per heavy atom. The molecule has 0 unspecified atom stereocenters. The highest BCUT2D eigenvalue weighted by molar-refractivity contribution is 7.93. The van der Waals surface area contributed by atoms with Gasteiger partial charge in [-0.15, -0.1) is 0 Å². The number of fused-ring (bicyclic) bond motifs is 1. The second-order valence-electron chi connectivity index (χ2n) is 9.48. The minimum atomic E-state index is -3.19. The molecule has 7 nitrogen and oxygen atoms in total. The third-order valence-corrected chi connectivity index (χ3v) is 8.16. The Labute approximate surface area is 199 Å². The van der Waals surface area contributed by atoms with E-state index in [4.69, 9.17) is 4.74 Å². The van der Waals surface area contributed by atoms with Gasteiger partial charge in [0.1, 0.15) is 12.4 Å². The number of alkyl halides is 2. The maximum Gasteiger partial charge on any atom is 0.272 e. The molecule has 188 valence electrons. The summed E-state index contributed by atoms with van der Waals surface area (Å²) in [4.78, 5) is 27.0. The Morgan fingerprint density at radius 3 is 2.37 bits per heavy atom. The molecule has 0 saturated carbocycles. The highest BCUT2D eigenvalue weighted by atomic mass is 32.2. The Morgan fingerprint density at radius 1 is 1.11 bits per heavy atom. The van der Waals surface area contributed by atoms with Gasteiger partial charge in [0.2, 0.25) is 5.91 Å². The summed E-state index contributed by atoms with van der Waals surface area (Å²) in [6, 6.07) is 5.77. The summed E-state index contributed by atoms with van der Waals surface area (Å²) in [6.07, 6.45) is -2.84. The predicted molar refractivity (Wildman–Crippen MR) is 119 cm³/mol. The second-order valence-corrected chi connectivity index (χ2v) is 11.5. The fraction of sp³-hybridized carbons (Fsp3) is 0.391. The topological polar surface area (TPSA) is 92.8 Å². The first kappa shape index (κ1) is 25.0. The lowest BCUT2D eigenvalue weighted by Crippen LogP contribution is -2.63. The zero-order valence-corrected chi connectivity index (χ0v) is 19.8. The molecule has 2 aliphatic heterocycles. The SMILES string of the molecule is CC1(NC(=O)c2ccc3c(c2)C(C)(C)C(=O)N3c2cc(OCC(F)F)cc(F)c2F)CS(=O)(=O)C1. The number of carbonyl (C=O) groups excluding carboxylic acids is 2. The number of hydrogen-bond donors (Lipinski definition) is 1. The van der Waals surface area contributed by atoms with Crippen LogP contribution in [0.3, 0.4) is 0 Å². The van der Waals surface area contributed by atoms with Gasteiger partial charge in [0, 0.05) is 17.7 Å². The van der Waals surface area contributed by atoms with E-state index in [2.05, 4.69) is 5.32 Å². The van der Waals surface area contributed by atoms with Crippen LogP contribution < -0.4 is 15.0 Å². The van der Waals surface area contributed by atoms with E-state index in [1.807, 2.05) is 0 Å². The summed E-state index contributed by atoms with van der Waals surface area (Å²) in [7, 11) is -3.19. The third kappa shape index (κ3) is 4.46. The number of halogens is 4. The third-order valence-electron chi connectivity index (χ3n) is 6.00. The van der Waals surface area contributed by atoms with Crippen LogP contribution in [0.5, 0.6) is 5.75 Å². The molecule has 35 heavy (non-hydrogen) atoms. The van der Waals surface area contributed by atoms with Crippen molar-refractivity contribution in [2.45, 2.75) is 38.2 Å². The monoisotopic (exact) mass is 514 g/mol. The quantitative estimate of drug-likeness (QED) is 0.596. The Hall–Kier alpha value is -3.15. The van der Waals surface area contributed by atoms with Gasteiger partial charge in [0.25, 0.3) is 12.3 Å². The van der Waals surface area contributed by atoms with Crippen molar-refractivity contribution in [1.29, 1.82) is 0 Å². The minimum absolute atomic E-state index is 0.151. The van der Waals surface area contributed by atoms with Crippen molar-refractivity contribution in [1.82, 2.24) is 5.32 Å². The molecule has 2 aromatic carbocycles. The van der Waals surface area contributed by atoms with E-state index in [9.17, 15) is 35.6 Å². The molecule has 0 bridgehead atoms. The van der Waals surface area contributed by atoms with Gasteiger partial charge in [-0.05, 0) is 44.5 Å². The van der Waals surface area contributed by atoms with Crippen molar-refractivity contribution >= 4 is 33.0 Å². The van der Waals surface area contributed by atoms with Gasteiger partial charge in [0.05, 0.1) is 33.8 Å². The zero-order valence-electron chi connectivity index (χ0n) is 19.0. The van der Waals surface area contributed by atoms with E-state index < -0.39 is 63.0 Å². The van der Waals surface area contributed by atoms with Gasteiger partial charge >= 0.3 is 0 Å². The molecule has 2 heterocycles. The molecule has 2 aliphatic rings. The fourth-order valence-corrected chi connectivity index (χ4v) is 6.42. The van der Waals surface area contributed by atoms with Gasteiger partial charge < -0.3 is 10.1 Å². The van der Waals surface area contributed by atoms with Crippen LogP contribution >= 0.6 is 0 Å². The van der Waals surface area contributed by atoms with Crippen molar-refractivity contribution in [3.8, 4) is 5.75 Å². The van der Waals surface area contributed by atoms with E-state index in [0.29, 0.717) is 11.6 Å². The summed E-state index contributed by atoms with van der Waals surface area (Å²) in [5.41, 5.74) is -2.00. The van der Waals surface area contributed by atoms with Crippen molar-refractivity contribution in [3.63, 3.8) is 0 Å². The molecule has 0 radical (unpaired) electrons. The zero-order chi connectivity index (χ0) is 25.9. The highest BCUT2D eigenvalue weighted by Gasteiger charge is 2.48. The highest BCUT2D eigenvalue weighted by Crippen LogP contribution is 2.47. The molecule has 1 fully saturated rings. The van der Waals surface area contributed by atoms with Gasteiger partial charge in [-0.1, -0.05) is 0 Å². The standard InChI is InChI=1S/C23H22F4N2O5S/c1-22(2)14-6-12(20(30)28-23(3)10-35(32,33)11-23)4-5-16(14)29(21(22)31)17-8-13(34-9-18(25)26)7-15(24)19(17)27/h4-8,18H,9-11H2,1-3H3,(H,28,30). The number of sulfone groups is 1. The molecule has 2 amide bonds. The maximum absolute atomic E-state index is 14.8. The number of amides is 2. The molecule has 1 saturated heterocycles. The summed E-state index contributed by atoms with van der Waals surface area (Å²) < 4.78 is 81.9. The number of benzene rings is 2. The number of rotatable bonds is 6. The minimum Gasteiger partial charge on any atom is -0.487 e. The molecule has 0 aromatic heterocycles. The van der Waals surface area contributed by atoms with E-state index in [1.54, 1.807) is 20.8 Å². The molecular weight excluding hydrogens is 492 g/mol. The molecule has 0 aliphatic carbocycles. The van der Waals surface area contributed by atoms with Crippen LogP contribution in [-0.2, 0) is 20.0 Å². The van der Waals surface area contributed by atoms with Gasteiger partial charge in [-0.2, -0.15) is 0 Å². The number of hydrogen-bond acceptors (Lipinski definition) is 5. The van der Waals surface area contributed by atoms with Crippen LogP contribution in [-0.4, -0.2) is 50.3 Å². The molecule has 12 heteroatoms. The molecule has 4 rings (SSSR count). The number of anilines is 2. The lowest BCUT2D eigenvalue weighted by atomic mass is 9.85. The predicted octanol–water partition coefficient (Wildman–Crippen LogP) is 3.48. The van der Waals surface area contributed by atoms with E-state index >= 15 is 0 Å². The van der Waals surface area contributed by atoms with Crippen molar-refractivity contribution < 1.29 is 40.3 Å². The van der Waals surface area contributed by atoms with Gasteiger partial charge in [0.15, 0.2) is 21.5 Å². The Balaban J connectivity index is 1.70. The molecular formula is C23H22F4N2O5S. The van der Waals surface area contributed by atoms with Crippen LogP contribution in [0.1, 0.15) is 36.7 Å². The summed E-state index contributed by atoms with van der Waals surface area (Å²) in [6.45, 7) is 3.65. The van der Waals surface area contributed by atoms with Crippen LogP contribution in [0, 0.1) is 11.6 Å². The summed E-state index contributed by atoms with van der Waals surface area (Å²) in [5, 5.41) is 2.68. The smallest absolute Gasteiger partial charge is 0.272 e. The van der Waals surface area contributed by atoms with E-state index in [1.165, 1.54) is 18.2 Å². The Bertz CT molecular complexity index is 1330. The second kappa shape index (κ2) is 8.21. The van der Waals surface area contributed by atoms with Crippen LogP contribution in [0.2, 0.25) is 0 Å². The average Bonchev–Trinajstić information content (AvgIpc) is 2.92. The van der Waals surface area contributed by atoms with Crippen molar-refractivity contribution in [3.05, 3.63) is 53.1 Å². The number of nitrogens with one attached hydrogen (secondary N) is 1. The van der Waals surface area contributed by atoms with Gasteiger partial charge in [-0.25, -0.2) is 26.0 Å². The summed E-state index contributed by atoms with van der Waals surface area (Å²) >= 11 is 0. The fourth-order valence-electron chi connectivity index (χ4n) is 4.42. The van der Waals surface area contributed by atoms with Crippen LogP contribution in [0.15, 0.2) is 30.3 Å². The van der Waals surface area contributed by atoms with E-state index in [0.717, 1.165) is 11.0 Å². The van der Waals surface area contributed by atoms with Gasteiger partial charge in [-0.3, -0.25) is 14.5 Å². The molecule has 1 N–H and O–H groups in total. The first-order chi connectivity index (χ1) is 16.1. The molecule has 0 atom stereocenters. The first-order valence-corrected chi connectivity index (χ1v) is 12.4. The first-order valence-electron chi connectivity index (χ1n) is 10.6. The molecule has 2 aromatic rings. The lowest BCUT2D eigenvalue weighted by molar-refractivity contribution is -0.121. The van der Waals surface area contributed by atoms with Crippen LogP contribution in [0.4, 0.5) is 28.9 Å². The largest absolute Gasteiger partial charge is 0.487 e. The van der Waals surface area contributed by atoms with Crippen molar-refractivity contribution in [2.75, 3.05) is 23.0 Å². The lowest BCUT2D eigenvalue weighted by Gasteiger charge is -2.38. The summed E-state index contributed by atoms with van der Waals surface area (Å²) in [5.74, 6) is -4.69. The van der Waals surface area contributed by atoms with Crippen molar-refractivity contribution in [2.24, 2.45) is 0 Å². The number of ether oxygens (including phenoxy) is 1. The Kier molecular flexibility index (Phi) is 5.86.